The number of anilines is 1. The van der Waals surface area contributed by atoms with E-state index in [1.807, 2.05) is 0 Å². The minimum Gasteiger partial charge on any atom is -0.398 e. The van der Waals surface area contributed by atoms with Crippen LogP contribution in [0.5, 0.6) is 0 Å². The lowest BCUT2D eigenvalue weighted by atomic mass is 9.89. The number of nitrogens with two attached hydrogens (primary N) is 1. The normalized spacial score (nSPS) is 14.2. The van der Waals surface area contributed by atoms with Gasteiger partial charge in [-0.25, -0.2) is 4.39 Å². The molecule has 1 atom stereocenters. The van der Waals surface area contributed by atoms with Crippen LogP contribution in [-0.2, 0) is 12.0 Å². The zero-order valence-corrected chi connectivity index (χ0v) is 10.1. The second kappa shape index (κ2) is 4.74. The Bertz CT molecular complexity index is 555. The molecule has 94 valence electrons. The van der Waals surface area contributed by atoms with E-state index in [9.17, 15) is 9.50 Å². The van der Waals surface area contributed by atoms with E-state index in [1.165, 1.54) is 12.1 Å². The van der Waals surface area contributed by atoms with Crippen molar-refractivity contribution >= 4 is 5.69 Å². The maximum Gasteiger partial charge on any atom is 0.123 e. The van der Waals surface area contributed by atoms with Crippen molar-refractivity contribution in [2.75, 3.05) is 5.73 Å². The van der Waals surface area contributed by atoms with Gasteiger partial charge >= 0.3 is 0 Å². The highest BCUT2D eigenvalue weighted by Gasteiger charge is 2.24. The average molecular weight is 246 g/mol. The Morgan fingerprint density at radius 3 is 2.83 bits per heavy atom. The molecule has 2 rings (SSSR count). The molecule has 0 saturated carbocycles. The molecule has 0 aliphatic carbocycles. The first-order chi connectivity index (χ1) is 8.49. The van der Waals surface area contributed by atoms with Gasteiger partial charge in [0.1, 0.15) is 5.82 Å². The van der Waals surface area contributed by atoms with Crippen molar-refractivity contribution in [2.24, 2.45) is 0 Å². The van der Waals surface area contributed by atoms with E-state index in [0.29, 0.717) is 11.3 Å². The fourth-order valence-electron chi connectivity index (χ4n) is 1.88. The van der Waals surface area contributed by atoms with Crippen LogP contribution in [0.3, 0.4) is 0 Å². The number of rotatable bonds is 3. The first-order valence-electron chi connectivity index (χ1n) is 5.66. The van der Waals surface area contributed by atoms with Crippen molar-refractivity contribution in [1.82, 2.24) is 4.98 Å². The van der Waals surface area contributed by atoms with Crippen molar-refractivity contribution in [2.45, 2.75) is 18.9 Å². The average Bonchev–Trinajstić information content (AvgIpc) is 2.32. The Kier molecular flexibility index (Phi) is 3.30. The number of pyridine rings is 1. The summed E-state index contributed by atoms with van der Waals surface area (Å²) in [4.78, 5) is 3.98. The maximum absolute atomic E-state index is 13.2. The molecule has 18 heavy (non-hydrogen) atoms. The molecular weight excluding hydrogens is 231 g/mol. The lowest BCUT2D eigenvalue weighted by Gasteiger charge is -2.24. The Hall–Kier alpha value is -1.94. The molecule has 0 aliphatic heterocycles. The summed E-state index contributed by atoms with van der Waals surface area (Å²) >= 11 is 0. The van der Waals surface area contributed by atoms with Crippen molar-refractivity contribution in [3.63, 3.8) is 0 Å². The van der Waals surface area contributed by atoms with Gasteiger partial charge in [0.05, 0.1) is 5.60 Å². The summed E-state index contributed by atoms with van der Waals surface area (Å²) in [6, 6.07) is 7.61. The summed E-state index contributed by atoms with van der Waals surface area (Å²) in [5.74, 6) is -0.369. The van der Waals surface area contributed by atoms with Crippen molar-refractivity contribution in [3.8, 4) is 0 Å². The molecule has 1 aromatic carbocycles. The molecular formula is C14H15FN2O. The number of hydrogen-bond acceptors (Lipinski definition) is 3. The second-order valence-electron chi connectivity index (χ2n) is 4.54. The zero-order valence-electron chi connectivity index (χ0n) is 10.1. The highest BCUT2D eigenvalue weighted by Crippen LogP contribution is 2.27. The predicted molar refractivity (Wildman–Crippen MR) is 68.3 cm³/mol. The summed E-state index contributed by atoms with van der Waals surface area (Å²) in [6.45, 7) is 1.63. The lowest BCUT2D eigenvalue weighted by Crippen LogP contribution is -2.25. The van der Waals surface area contributed by atoms with Crippen LogP contribution in [0.2, 0.25) is 0 Å². The van der Waals surface area contributed by atoms with Crippen LogP contribution in [-0.4, -0.2) is 10.1 Å². The number of hydrogen-bond donors (Lipinski definition) is 2. The molecule has 0 radical (unpaired) electrons. The van der Waals surface area contributed by atoms with Gasteiger partial charge in [-0.3, -0.25) is 4.98 Å². The third-order valence-electron chi connectivity index (χ3n) is 2.92. The van der Waals surface area contributed by atoms with Gasteiger partial charge in [0.2, 0.25) is 0 Å². The molecule has 0 bridgehead atoms. The van der Waals surface area contributed by atoms with Crippen LogP contribution >= 0.6 is 0 Å². The van der Waals surface area contributed by atoms with Gasteiger partial charge in [-0.15, -0.1) is 0 Å². The number of nitrogen functional groups attached to an aromatic ring is 1. The van der Waals surface area contributed by atoms with Gasteiger partial charge in [0.15, 0.2) is 0 Å². The number of aromatic nitrogens is 1. The maximum atomic E-state index is 13.2. The molecule has 3 nitrogen and oxygen atoms in total. The van der Waals surface area contributed by atoms with Gasteiger partial charge in [0.25, 0.3) is 0 Å². The van der Waals surface area contributed by atoms with Crippen LogP contribution in [0.4, 0.5) is 10.1 Å². The van der Waals surface area contributed by atoms with Gasteiger partial charge in [-0.2, -0.15) is 0 Å². The van der Waals surface area contributed by atoms with E-state index in [0.717, 1.165) is 5.56 Å². The van der Waals surface area contributed by atoms with E-state index in [4.69, 9.17) is 5.73 Å². The summed E-state index contributed by atoms with van der Waals surface area (Å²) in [7, 11) is 0. The third-order valence-corrected chi connectivity index (χ3v) is 2.92. The van der Waals surface area contributed by atoms with E-state index < -0.39 is 5.60 Å². The Morgan fingerprint density at radius 1 is 1.39 bits per heavy atom. The number of halogens is 1. The lowest BCUT2D eigenvalue weighted by molar-refractivity contribution is 0.0574. The van der Waals surface area contributed by atoms with E-state index in [-0.39, 0.29) is 12.2 Å². The Balaban J connectivity index is 2.30. The van der Waals surface area contributed by atoms with E-state index in [1.54, 1.807) is 37.5 Å². The van der Waals surface area contributed by atoms with Crippen molar-refractivity contribution in [3.05, 3.63) is 59.7 Å². The molecule has 0 spiro atoms. The van der Waals surface area contributed by atoms with Crippen molar-refractivity contribution < 1.29 is 9.50 Å². The molecule has 0 saturated heterocycles. The third kappa shape index (κ3) is 2.65. The van der Waals surface area contributed by atoms with Crippen LogP contribution in [0.1, 0.15) is 18.1 Å². The second-order valence-corrected chi connectivity index (χ2v) is 4.54. The van der Waals surface area contributed by atoms with Gasteiger partial charge in [0, 0.05) is 24.5 Å². The fourth-order valence-corrected chi connectivity index (χ4v) is 1.88. The highest BCUT2D eigenvalue weighted by molar-refractivity contribution is 5.45. The zero-order chi connectivity index (χ0) is 13.2. The first kappa shape index (κ1) is 12.5. The minimum atomic E-state index is -1.18. The molecule has 2 aromatic rings. The highest BCUT2D eigenvalue weighted by atomic mass is 19.1. The molecule has 3 N–H and O–H groups in total. The Morgan fingerprint density at radius 2 is 2.17 bits per heavy atom. The van der Waals surface area contributed by atoms with E-state index >= 15 is 0 Å². The molecule has 4 heteroatoms. The summed E-state index contributed by atoms with van der Waals surface area (Å²) in [6.07, 6.45) is 3.50. The molecule has 1 heterocycles. The summed E-state index contributed by atoms with van der Waals surface area (Å²) < 4.78 is 13.2. The van der Waals surface area contributed by atoms with Crippen LogP contribution in [0.25, 0.3) is 0 Å². The van der Waals surface area contributed by atoms with Gasteiger partial charge in [-0.05, 0) is 36.2 Å². The number of nitrogens with zero attached hydrogens (tertiary/aromatic N) is 1. The predicted octanol–water partition coefficient (Wildman–Crippen LogP) is 2.25. The number of benzene rings is 1. The molecule has 0 aliphatic rings. The van der Waals surface area contributed by atoms with Crippen LogP contribution < -0.4 is 5.73 Å². The van der Waals surface area contributed by atoms with Crippen LogP contribution in [0, 0.1) is 5.82 Å². The Labute approximate surface area is 105 Å². The largest absolute Gasteiger partial charge is 0.398 e. The first-order valence-corrected chi connectivity index (χ1v) is 5.66. The van der Waals surface area contributed by atoms with Crippen molar-refractivity contribution in [1.29, 1.82) is 0 Å². The topological polar surface area (TPSA) is 59.1 Å². The fraction of sp³-hybridized carbons (Fsp3) is 0.214. The molecule has 0 amide bonds. The smallest absolute Gasteiger partial charge is 0.123 e. The molecule has 0 fully saturated rings. The SMILES string of the molecule is CC(O)(Cc1cnccc1N)c1cccc(F)c1. The molecule has 1 unspecified atom stereocenters. The minimum absolute atomic E-state index is 0.288. The molecule has 1 aromatic heterocycles. The standard InChI is InChI=1S/C14H15FN2O/c1-14(18,11-3-2-4-12(15)7-11)8-10-9-17-6-5-13(10)16/h2-7,9,18H,8H2,1H3,(H2,16,17). The number of aliphatic hydroxyl groups is 1. The van der Waals surface area contributed by atoms with Gasteiger partial charge in [-0.1, -0.05) is 12.1 Å². The summed E-state index contributed by atoms with van der Waals surface area (Å²) in [5, 5.41) is 10.4. The van der Waals surface area contributed by atoms with Crippen LogP contribution in [0.15, 0.2) is 42.7 Å². The van der Waals surface area contributed by atoms with E-state index in [2.05, 4.69) is 4.98 Å². The van der Waals surface area contributed by atoms with Gasteiger partial charge < -0.3 is 10.8 Å². The quantitative estimate of drug-likeness (QED) is 0.873. The monoisotopic (exact) mass is 246 g/mol. The summed E-state index contributed by atoms with van der Waals surface area (Å²) in [5.41, 5.74) is 6.46.